The van der Waals surface area contributed by atoms with Gasteiger partial charge in [0.25, 0.3) is 0 Å². The van der Waals surface area contributed by atoms with E-state index in [4.69, 9.17) is 14.6 Å². The summed E-state index contributed by atoms with van der Waals surface area (Å²) in [4.78, 5) is 0. The molecule has 0 radical (unpaired) electrons. The lowest BCUT2D eigenvalue weighted by molar-refractivity contribution is -0.134. The number of ether oxygens (including phenoxy) is 2. The average molecular weight is 278 g/mol. The van der Waals surface area contributed by atoms with E-state index in [-0.39, 0.29) is 25.4 Å². The zero-order valence-corrected chi connectivity index (χ0v) is 11.6. The van der Waals surface area contributed by atoms with Crippen LogP contribution >= 0.6 is 0 Å². The molecule has 1 aromatic rings. The van der Waals surface area contributed by atoms with Gasteiger partial charge in [0.1, 0.15) is 12.4 Å². The maximum Gasteiger partial charge on any atom is 0.200 e. The Hall–Kier alpha value is -1.36. The Morgan fingerprint density at radius 3 is 2.65 bits per heavy atom. The van der Waals surface area contributed by atoms with Crippen LogP contribution in [0.2, 0.25) is 0 Å². The van der Waals surface area contributed by atoms with Crippen molar-refractivity contribution in [1.29, 1.82) is 0 Å². The summed E-state index contributed by atoms with van der Waals surface area (Å²) in [6.07, 6.45) is 3.92. The minimum atomic E-state index is -0.328. The van der Waals surface area contributed by atoms with Gasteiger partial charge in [0.2, 0.25) is 0 Å². The Bertz CT molecular complexity index is 416. The molecule has 0 saturated heterocycles. The molecule has 4 nitrogen and oxygen atoms in total. The number of allylic oxidation sites excluding steroid dienone is 1. The van der Waals surface area contributed by atoms with E-state index in [0.717, 1.165) is 19.3 Å². The van der Waals surface area contributed by atoms with Gasteiger partial charge >= 0.3 is 0 Å². The molecule has 0 saturated carbocycles. The van der Waals surface area contributed by atoms with Gasteiger partial charge in [-0.3, -0.25) is 0 Å². The maximum atomic E-state index is 9.30. The second-order valence-electron chi connectivity index (χ2n) is 4.89. The fourth-order valence-corrected chi connectivity index (χ4v) is 2.31. The summed E-state index contributed by atoms with van der Waals surface area (Å²) in [7, 11) is 0. The third-order valence-corrected chi connectivity index (χ3v) is 3.36. The van der Waals surface area contributed by atoms with E-state index in [2.05, 4.69) is 12.1 Å². The summed E-state index contributed by atoms with van der Waals surface area (Å²) < 4.78 is 11.3. The molecule has 2 atom stereocenters. The van der Waals surface area contributed by atoms with E-state index < -0.39 is 0 Å². The van der Waals surface area contributed by atoms with Crippen molar-refractivity contribution in [3.05, 3.63) is 47.7 Å². The monoisotopic (exact) mass is 278 g/mol. The molecule has 1 aliphatic heterocycles. The molecule has 20 heavy (non-hydrogen) atoms. The lowest BCUT2D eigenvalue weighted by Gasteiger charge is -2.29. The van der Waals surface area contributed by atoms with Gasteiger partial charge in [-0.1, -0.05) is 30.3 Å². The Kier molecular flexibility index (Phi) is 6.05. The highest BCUT2D eigenvalue weighted by Gasteiger charge is 2.24. The number of unbranched alkanes of at least 4 members (excludes halogenated alkanes) is 1. The molecule has 1 aliphatic rings. The molecule has 0 fully saturated rings. The summed E-state index contributed by atoms with van der Waals surface area (Å²) in [5.74, 6) is 0.771. The lowest BCUT2D eigenvalue weighted by atomic mass is 9.93. The first-order chi connectivity index (χ1) is 9.83. The van der Waals surface area contributed by atoms with Gasteiger partial charge in [-0.05, 0) is 24.5 Å². The van der Waals surface area contributed by atoms with E-state index in [9.17, 15) is 5.11 Å². The van der Waals surface area contributed by atoms with Crippen LogP contribution in [0.5, 0.6) is 0 Å². The first-order valence-corrected chi connectivity index (χ1v) is 7.09. The number of hydrogen-bond acceptors (Lipinski definition) is 4. The molecule has 0 bridgehead atoms. The average Bonchev–Trinajstić information content (AvgIpc) is 2.52. The Morgan fingerprint density at radius 2 is 1.95 bits per heavy atom. The fraction of sp³-hybridized carbons (Fsp3) is 0.500. The highest BCUT2D eigenvalue weighted by Crippen LogP contribution is 2.31. The van der Waals surface area contributed by atoms with Gasteiger partial charge in [0.15, 0.2) is 6.29 Å². The molecule has 0 unspecified atom stereocenters. The Balaban J connectivity index is 1.95. The van der Waals surface area contributed by atoms with Crippen LogP contribution in [0.1, 0.15) is 30.7 Å². The number of rotatable bonds is 7. The summed E-state index contributed by atoms with van der Waals surface area (Å²) in [6.45, 7) is 0.634. The summed E-state index contributed by atoms with van der Waals surface area (Å²) in [6, 6.07) is 10.2. The number of aliphatic hydroxyl groups excluding tert-OH is 2. The first-order valence-electron chi connectivity index (χ1n) is 7.09. The minimum Gasteiger partial charge on any atom is -0.467 e. The second kappa shape index (κ2) is 8.04. The van der Waals surface area contributed by atoms with Crippen LogP contribution in [0, 0.1) is 0 Å². The predicted molar refractivity (Wildman–Crippen MR) is 76.1 cm³/mol. The van der Waals surface area contributed by atoms with Crippen molar-refractivity contribution in [2.24, 2.45) is 0 Å². The molecule has 4 heteroatoms. The van der Waals surface area contributed by atoms with Crippen LogP contribution in [0.25, 0.3) is 0 Å². The number of hydrogen-bond donors (Lipinski definition) is 2. The van der Waals surface area contributed by atoms with E-state index in [1.54, 1.807) is 0 Å². The normalized spacial score (nSPS) is 22.2. The van der Waals surface area contributed by atoms with E-state index in [0.29, 0.717) is 12.4 Å². The summed E-state index contributed by atoms with van der Waals surface area (Å²) >= 11 is 0. The molecule has 1 aromatic carbocycles. The van der Waals surface area contributed by atoms with Crippen LogP contribution < -0.4 is 0 Å². The topological polar surface area (TPSA) is 58.9 Å². The van der Waals surface area contributed by atoms with Gasteiger partial charge in [-0.15, -0.1) is 0 Å². The molecule has 0 aromatic heterocycles. The molecule has 1 heterocycles. The Morgan fingerprint density at radius 1 is 1.15 bits per heavy atom. The van der Waals surface area contributed by atoms with Crippen LogP contribution in [0.15, 0.2) is 42.2 Å². The van der Waals surface area contributed by atoms with Gasteiger partial charge in [-0.25, -0.2) is 0 Å². The zero-order chi connectivity index (χ0) is 14.2. The standard InChI is InChI=1S/C16H22O4/c17-8-4-5-9-19-16-11-14(10-15(12-18)20-16)13-6-2-1-3-7-13/h1-3,6-7,10,14,16-18H,4-5,8-9,11-12H2/t14-,16-/m0/s1. The van der Waals surface area contributed by atoms with Gasteiger partial charge in [0.05, 0.1) is 6.61 Å². The smallest absolute Gasteiger partial charge is 0.200 e. The van der Waals surface area contributed by atoms with Crippen LogP contribution in [-0.4, -0.2) is 36.3 Å². The number of benzene rings is 1. The SMILES string of the molecule is OCCCCO[C@@H]1C[C@@H](c2ccccc2)C=C(CO)O1. The quantitative estimate of drug-likeness (QED) is 0.751. The maximum absolute atomic E-state index is 9.30. The molecule has 0 spiro atoms. The first kappa shape index (κ1) is 15.0. The van der Waals surface area contributed by atoms with Crippen LogP contribution in [-0.2, 0) is 9.47 Å². The van der Waals surface area contributed by atoms with Crippen molar-refractivity contribution >= 4 is 0 Å². The molecular weight excluding hydrogens is 256 g/mol. The van der Waals surface area contributed by atoms with Gasteiger partial charge < -0.3 is 19.7 Å². The van der Waals surface area contributed by atoms with Crippen molar-refractivity contribution in [2.75, 3.05) is 19.8 Å². The van der Waals surface area contributed by atoms with Crippen molar-refractivity contribution in [3.63, 3.8) is 0 Å². The third kappa shape index (κ3) is 4.34. The highest BCUT2D eigenvalue weighted by atomic mass is 16.7. The molecule has 0 amide bonds. The molecule has 2 N–H and O–H groups in total. The molecular formula is C16H22O4. The van der Waals surface area contributed by atoms with Crippen molar-refractivity contribution < 1.29 is 19.7 Å². The van der Waals surface area contributed by atoms with Crippen molar-refractivity contribution in [2.45, 2.75) is 31.5 Å². The third-order valence-electron chi connectivity index (χ3n) is 3.36. The Labute approximate surface area is 119 Å². The van der Waals surface area contributed by atoms with E-state index in [1.807, 2.05) is 24.3 Å². The second-order valence-corrected chi connectivity index (χ2v) is 4.89. The van der Waals surface area contributed by atoms with E-state index in [1.165, 1.54) is 5.56 Å². The summed E-state index contributed by atoms with van der Waals surface area (Å²) in [5.41, 5.74) is 1.20. The van der Waals surface area contributed by atoms with Gasteiger partial charge in [-0.2, -0.15) is 0 Å². The lowest BCUT2D eigenvalue weighted by Crippen LogP contribution is -2.25. The summed E-state index contributed by atoms with van der Waals surface area (Å²) in [5, 5.41) is 18.0. The highest BCUT2D eigenvalue weighted by molar-refractivity contribution is 5.25. The molecule has 110 valence electrons. The molecule has 2 rings (SSSR count). The van der Waals surface area contributed by atoms with Crippen LogP contribution in [0.3, 0.4) is 0 Å². The van der Waals surface area contributed by atoms with Gasteiger partial charge in [0, 0.05) is 18.9 Å². The largest absolute Gasteiger partial charge is 0.467 e. The fourth-order valence-electron chi connectivity index (χ4n) is 2.31. The predicted octanol–water partition coefficient (Wildman–Crippen LogP) is 2.18. The van der Waals surface area contributed by atoms with Crippen molar-refractivity contribution in [3.8, 4) is 0 Å². The zero-order valence-electron chi connectivity index (χ0n) is 11.6. The van der Waals surface area contributed by atoms with Crippen molar-refractivity contribution in [1.82, 2.24) is 0 Å². The van der Waals surface area contributed by atoms with E-state index >= 15 is 0 Å². The number of aliphatic hydroxyl groups is 2. The molecule has 0 aliphatic carbocycles. The van der Waals surface area contributed by atoms with Crippen LogP contribution in [0.4, 0.5) is 0 Å². The minimum absolute atomic E-state index is 0.111.